The second kappa shape index (κ2) is 9.77. The molecule has 0 bridgehead atoms. The summed E-state index contributed by atoms with van der Waals surface area (Å²) in [4.78, 5) is 6.75. The smallest absolute Gasteiger partial charge is 0.191 e. The summed E-state index contributed by atoms with van der Waals surface area (Å²) < 4.78 is 13.2. The number of likely N-dealkylation sites (tertiary alicyclic amines) is 1. The molecule has 2 atom stereocenters. The molecule has 2 N–H and O–H groups in total. The van der Waals surface area contributed by atoms with Crippen molar-refractivity contribution in [2.75, 3.05) is 20.1 Å². The zero-order valence-corrected chi connectivity index (χ0v) is 17.7. The minimum Gasteiger partial charge on any atom is -0.352 e. The molecule has 0 radical (unpaired) electrons. The normalized spacial score (nSPS) is 21.7. The third kappa shape index (κ3) is 5.74. The van der Waals surface area contributed by atoms with E-state index >= 15 is 0 Å². The van der Waals surface area contributed by atoms with E-state index in [1.807, 2.05) is 0 Å². The Labute approximate surface area is 166 Å². The summed E-state index contributed by atoms with van der Waals surface area (Å²) in [7, 11) is 1.76. The number of benzene rings is 1. The van der Waals surface area contributed by atoms with Crippen molar-refractivity contribution in [1.29, 1.82) is 0 Å². The fourth-order valence-corrected chi connectivity index (χ4v) is 3.02. The van der Waals surface area contributed by atoms with Gasteiger partial charge in [0, 0.05) is 38.8 Å². The maximum Gasteiger partial charge on any atom is 0.191 e. The fraction of sp³-hybridized carbons (Fsp3) is 0.588. The second-order valence-corrected chi connectivity index (χ2v) is 6.86. The largest absolute Gasteiger partial charge is 0.352 e. The molecule has 0 spiro atoms. The molecule has 1 saturated heterocycles. The van der Waals surface area contributed by atoms with Crippen LogP contribution < -0.4 is 10.6 Å². The molecule has 1 fully saturated rings. The highest BCUT2D eigenvalue weighted by Gasteiger charge is 2.31. The van der Waals surface area contributed by atoms with E-state index in [0.717, 1.165) is 24.6 Å². The molecule has 7 heteroatoms. The number of halogens is 3. The molecule has 1 aromatic carbocycles. The quantitative estimate of drug-likeness (QED) is 0.404. The van der Waals surface area contributed by atoms with Crippen molar-refractivity contribution >= 4 is 41.5 Å². The molecule has 1 aliphatic rings. The minimum absolute atomic E-state index is 0. The van der Waals surface area contributed by atoms with Gasteiger partial charge < -0.3 is 10.6 Å². The predicted molar refractivity (Wildman–Crippen MR) is 110 cm³/mol. The van der Waals surface area contributed by atoms with Crippen molar-refractivity contribution in [2.24, 2.45) is 10.9 Å². The average molecular weight is 469 g/mol. The molecule has 0 saturated carbocycles. The zero-order chi connectivity index (χ0) is 17.0. The summed E-state index contributed by atoms with van der Waals surface area (Å²) in [6.45, 7) is 9.37. The summed E-state index contributed by atoms with van der Waals surface area (Å²) in [5.41, 5.74) is 0.919. The maximum absolute atomic E-state index is 13.2. The van der Waals surface area contributed by atoms with Gasteiger partial charge in [0.25, 0.3) is 0 Å². The van der Waals surface area contributed by atoms with E-state index in [1.165, 1.54) is 6.07 Å². The molecule has 2 unspecified atom stereocenters. The molecule has 1 aromatic rings. The van der Waals surface area contributed by atoms with E-state index in [4.69, 9.17) is 11.6 Å². The summed E-state index contributed by atoms with van der Waals surface area (Å²) in [5, 5.41) is 6.89. The van der Waals surface area contributed by atoms with Crippen LogP contribution in [0.15, 0.2) is 23.2 Å². The van der Waals surface area contributed by atoms with Crippen molar-refractivity contribution in [1.82, 2.24) is 15.5 Å². The van der Waals surface area contributed by atoms with Gasteiger partial charge in [-0.3, -0.25) is 9.89 Å². The van der Waals surface area contributed by atoms with Gasteiger partial charge in [0.1, 0.15) is 5.82 Å². The highest BCUT2D eigenvalue weighted by molar-refractivity contribution is 14.0. The summed E-state index contributed by atoms with van der Waals surface area (Å²) in [6.07, 6.45) is 0. The highest BCUT2D eigenvalue weighted by atomic mass is 127. The molecule has 0 aromatic heterocycles. The molecular formula is C17H27ClFIN4. The first-order valence-electron chi connectivity index (χ1n) is 8.06. The molecular weight excluding hydrogens is 442 g/mol. The maximum atomic E-state index is 13.2. The van der Waals surface area contributed by atoms with Crippen LogP contribution in [0, 0.1) is 11.7 Å². The van der Waals surface area contributed by atoms with Gasteiger partial charge >= 0.3 is 0 Å². The average Bonchev–Trinajstić information content (AvgIpc) is 2.88. The standard InChI is InChI=1S/C17H26ClFN4.HI/c1-11(2)23-9-12(3)16(10-23)22-17(20-4)21-8-13-5-6-15(19)14(18)7-13;/h5-7,11-12,16H,8-10H2,1-4H3,(H2,20,21,22);1H. The Morgan fingerprint density at radius 1 is 1.42 bits per heavy atom. The first kappa shape index (κ1) is 21.4. The Bertz CT molecular complexity index is 568. The van der Waals surface area contributed by atoms with Gasteiger partial charge in [0.05, 0.1) is 5.02 Å². The Kier molecular flexibility index (Phi) is 8.73. The molecule has 4 nitrogen and oxygen atoms in total. The number of hydrogen-bond acceptors (Lipinski definition) is 2. The molecule has 0 amide bonds. The summed E-state index contributed by atoms with van der Waals surface area (Å²) in [5.74, 6) is 0.926. The second-order valence-electron chi connectivity index (χ2n) is 6.45. The highest BCUT2D eigenvalue weighted by Crippen LogP contribution is 2.19. The Morgan fingerprint density at radius 3 is 2.67 bits per heavy atom. The van der Waals surface area contributed by atoms with Crippen LogP contribution in [0.5, 0.6) is 0 Å². The lowest BCUT2D eigenvalue weighted by Gasteiger charge is -2.22. The van der Waals surface area contributed by atoms with Gasteiger partial charge in [-0.25, -0.2) is 4.39 Å². The van der Waals surface area contributed by atoms with Crippen LogP contribution in [-0.4, -0.2) is 43.1 Å². The first-order valence-corrected chi connectivity index (χ1v) is 8.43. The molecule has 1 aliphatic heterocycles. The van der Waals surface area contributed by atoms with E-state index in [9.17, 15) is 4.39 Å². The minimum atomic E-state index is -0.397. The van der Waals surface area contributed by atoms with Crippen LogP contribution >= 0.6 is 35.6 Å². The van der Waals surface area contributed by atoms with Gasteiger partial charge in [-0.2, -0.15) is 0 Å². The number of nitrogens with zero attached hydrogens (tertiary/aromatic N) is 2. The van der Waals surface area contributed by atoms with Crippen LogP contribution in [0.3, 0.4) is 0 Å². The Morgan fingerprint density at radius 2 is 2.12 bits per heavy atom. The summed E-state index contributed by atoms with van der Waals surface area (Å²) in [6, 6.07) is 5.67. The van der Waals surface area contributed by atoms with Gasteiger partial charge in [-0.15, -0.1) is 24.0 Å². The van der Waals surface area contributed by atoms with Crippen molar-refractivity contribution in [2.45, 2.75) is 39.4 Å². The Balaban J connectivity index is 0.00000288. The third-order valence-electron chi connectivity index (χ3n) is 4.36. The number of hydrogen-bond donors (Lipinski definition) is 2. The van der Waals surface area contributed by atoms with Crippen LogP contribution in [0.1, 0.15) is 26.3 Å². The van der Waals surface area contributed by atoms with Crippen LogP contribution in [-0.2, 0) is 6.54 Å². The molecule has 136 valence electrons. The van der Waals surface area contributed by atoms with Gasteiger partial charge in [0.2, 0.25) is 0 Å². The molecule has 2 rings (SSSR count). The van der Waals surface area contributed by atoms with Crippen molar-refractivity contribution in [3.8, 4) is 0 Å². The van der Waals surface area contributed by atoms with E-state index in [-0.39, 0.29) is 29.0 Å². The van der Waals surface area contributed by atoms with Gasteiger partial charge in [-0.05, 0) is 37.5 Å². The van der Waals surface area contributed by atoms with Crippen LogP contribution in [0.25, 0.3) is 0 Å². The number of rotatable bonds is 4. The van der Waals surface area contributed by atoms with Crippen molar-refractivity contribution < 1.29 is 4.39 Å². The molecule has 0 aliphatic carbocycles. The third-order valence-corrected chi connectivity index (χ3v) is 4.65. The van der Waals surface area contributed by atoms with Crippen LogP contribution in [0.4, 0.5) is 4.39 Å². The van der Waals surface area contributed by atoms with Gasteiger partial charge in [0.15, 0.2) is 5.96 Å². The molecule has 1 heterocycles. The van der Waals surface area contributed by atoms with E-state index in [2.05, 4.69) is 41.3 Å². The van der Waals surface area contributed by atoms with Crippen LogP contribution in [0.2, 0.25) is 5.02 Å². The number of aliphatic imine (C=N–C) groups is 1. The van der Waals surface area contributed by atoms with Crippen molar-refractivity contribution in [3.05, 3.63) is 34.6 Å². The predicted octanol–water partition coefficient (Wildman–Crippen LogP) is 3.49. The molecule has 24 heavy (non-hydrogen) atoms. The topological polar surface area (TPSA) is 39.7 Å². The van der Waals surface area contributed by atoms with E-state index in [0.29, 0.717) is 24.5 Å². The number of nitrogens with one attached hydrogen (secondary N) is 2. The summed E-state index contributed by atoms with van der Waals surface area (Å²) >= 11 is 5.81. The first-order chi connectivity index (χ1) is 10.9. The Hall–Kier alpha value is -0.600. The zero-order valence-electron chi connectivity index (χ0n) is 14.6. The van der Waals surface area contributed by atoms with E-state index < -0.39 is 5.82 Å². The fourth-order valence-electron chi connectivity index (χ4n) is 2.82. The SMILES string of the molecule is CN=C(NCc1ccc(F)c(Cl)c1)NC1CN(C(C)C)CC1C.I. The monoisotopic (exact) mass is 468 g/mol. The lowest BCUT2D eigenvalue weighted by Crippen LogP contribution is -2.46. The lowest BCUT2D eigenvalue weighted by molar-refractivity contribution is 0.265. The lowest BCUT2D eigenvalue weighted by atomic mass is 10.1. The number of guanidine groups is 1. The van der Waals surface area contributed by atoms with Crippen molar-refractivity contribution in [3.63, 3.8) is 0 Å². The van der Waals surface area contributed by atoms with Gasteiger partial charge in [-0.1, -0.05) is 24.6 Å². The van der Waals surface area contributed by atoms with E-state index in [1.54, 1.807) is 19.2 Å².